The molecule has 0 unspecified atom stereocenters. The molecule has 1 aromatic heterocycles. The van der Waals surface area contributed by atoms with Gasteiger partial charge in [-0.1, -0.05) is 30.3 Å². The van der Waals surface area contributed by atoms with Gasteiger partial charge >= 0.3 is 5.69 Å². The van der Waals surface area contributed by atoms with Crippen LogP contribution in [0.5, 0.6) is 0 Å². The second-order valence-corrected chi connectivity index (χ2v) is 9.23. The molecule has 10 nitrogen and oxygen atoms in total. The molecule has 0 saturated carbocycles. The van der Waals surface area contributed by atoms with Crippen LogP contribution in [0.1, 0.15) is 35.7 Å². The maximum absolute atomic E-state index is 13.2. The fourth-order valence-corrected chi connectivity index (χ4v) is 4.82. The molecular weight excluding hydrogens is 448 g/mol. The molecule has 3 heterocycles. The lowest BCUT2D eigenvalue weighted by atomic mass is 10.1. The molecule has 1 aromatic carbocycles. The summed E-state index contributed by atoms with van der Waals surface area (Å²) >= 11 is 0. The van der Waals surface area contributed by atoms with Crippen LogP contribution in [0.4, 0.5) is 5.82 Å². The second kappa shape index (κ2) is 11.0. The number of benzene rings is 1. The Labute approximate surface area is 204 Å². The van der Waals surface area contributed by atoms with Crippen LogP contribution in [0.25, 0.3) is 0 Å². The molecule has 2 N–H and O–H groups in total. The van der Waals surface area contributed by atoms with Crippen LogP contribution in [0.3, 0.4) is 0 Å². The number of amides is 1. The van der Waals surface area contributed by atoms with Gasteiger partial charge in [0.1, 0.15) is 11.4 Å². The van der Waals surface area contributed by atoms with Gasteiger partial charge in [0.2, 0.25) is 5.91 Å². The first-order valence-electron chi connectivity index (χ1n) is 12.3. The number of likely N-dealkylation sites (tertiary alicyclic amines) is 1. The Morgan fingerprint density at radius 3 is 2.06 bits per heavy atom. The van der Waals surface area contributed by atoms with E-state index in [0.29, 0.717) is 32.7 Å². The number of carbonyl (C=O) groups excluding carboxylic acids is 2. The first-order valence-corrected chi connectivity index (χ1v) is 12.3. The number of piperazine rings is 1. The third-order valence-electron chi connectivity index (χ3n) is 6.90. The van der Waals surface area contributed by atoms with Gasteiger partial charge in [-0.25, -0.2) is 4.79 Å². The summed E-state index contributed by atoms with van der Waals surface area (Å²) in [6.07, 6.45) is 2.15. The summed E-state index contributed by atoms with van der Waals surface area (Å²) in [5, 5.41) is 0. The van der Waals surface area contributed by atoms with E-state index < -0.39 is 17.0 Å². The average Bonchev–Trinajstić information content (AvgIpc) is 3.39. The van der Waals surface area contributed by atoms with Crippen molar-refractivity contribution in [3.63, 3.8) is 0 Å². The maximum Gasteiger partial charge on any atom is 0.332 e. The lowest BCUT2D eigenvalue weighted by Gasteiger charge is -2.34. The highest BCUT2D eigenvalue weighted by Crippen LogP contribution is 2.12. The number of carbonyl (C=O) groups is 2. The number of ketones is 1. The molecule has 2 aliphatic heterocycles. The van der Waals surface area contributed by atoms with E-state index in [1.54, 1.807) is 6.92 Å². The minimum atomic E-state index is -0.640. The van der Waals surface area contributed by atoms with Gasteiger partial charge in [0.25, 0.3) is 5.56 Å². The summed E-state index contributed by atoms with van der Waals surface area (Å²) in [4.78, 5) is 57.6. The molecule has 188 valence electrons. The molecule has 0 bridgehead atoms. The van der Waals surface area contributed by atoms with Crippen molar-refractivity contribution in [1.82, 2.24) is 23.8 Å². The van der Waals surface area contributed by atoms with Gasteiger partial charge in [0, 0.05) is 45.8 Å². The first-order chi connectivity index (χ1) is 16.9. The molecule has 10 heteroatoms. The Hall–Kier alpha value is -3.24. The van der Waals surface area contributed by atoms with Crippen molar-refractivity contribution in [3.05, 3.63) is 62.3 Å². The predicted octanol–water partition coefficient (Wildman–Crippen LogP) is 0.0831. The van der Waals surface area contributed by atoms with Gasteiger partial charge in [-0.05, 0) is 25.3 Å². The smallest absolute Gasteiger partial charge is 0.332 e. The van der Waals surface area contributed by atoms with Crippen LogP contribution in [-0.2, 0) is 17.9 Å². The molecule has 35 heavy (non-hydrogen) atoms. The van der Waals surface area contributed by atoms with Crippen molar-refractivity contribution < 1.29 is 9.59 Å². The van der Waals surface area contributed by atoms with Gasteiger partial charge in [-0.15, -0.1) is 0 Å². The highest BCUT2D eigenvalue weighted by molar-refractivity contribution is 6.01. The topological polar surface area (TPSA) is 114 Å². The molecule has 0 radical (unpaired) electrons. The third-order valence-corrected chi connectivity index (χ3v) is 6.90. The Morgan fingerprint density at radius 2 is 1.46 bits per heavy atom. The number of Topliss-reactive ketones (excluding diaryl/α,β-unsaturated/α-hetero) is 1. The minimum Gasteiger partial charge on any atom is -0.384 e. The monoisotopic (exact) mass is 482 g/mol. The molecule has 4 rings (SSSR count). The van der Waals surface area contributed by atoms with E-state index in [0.717, 1.165) is 36.1 Å². The van der Waals surface area contributed by atoms with Crippen LogP contribution in [-0.4, -0.2) is 87.9 Å². The van der Waals surface area contributed by atoms with Crippen molar-refractivity contribution in [1.29, 1.82) is 0 Å². The summed E-state index contributed by atoms with van der Waals surface area (Å²) in [5.41, 5.74) is 5.81. The SMILES string of the molecule is CCn1c(=O)c(C(=O)CN2CCN(CC(=O)N3CCCC3)CC2)c(N)n(Cc2ccccc2)c1=O. The zero-order valence-corrected chi connectivity index (χ0v) is 20.3. The largest absolute Gasteiger partial charge is 0.384 e. The molecule has 2 aromatic rings. The van der Waals surface area contributed by atoms with Crippen LogP contribution in [0.15, 0.2) is 39.9 Å². The van der Waals surface area contributed by atoms with E-state index in [9.17, 15) is 19.2 Å². The number of nitrogens with two attached hydrogens (primary N) is 1. The van der Waals surface area contributed by atoms with Gasteiger partial charge < -0.3 is 10.6 Å². The van der Waals surface area contributed by atoms with Gasteiger partial charge in [-0.3, -0.25) is 33.3 Å². The minimum absolute atomic E-state index is 0.0423. The summed E-state index contributed by atoms with van der Waals surface area (Å²) in [7, 11) is 0. The number of nitrogen functional groups attached to an aromatic ring is 1. The summed E-state index contributed by atoms with van der Waals surface area (Å²) in [6.45, 7) is 6.74. The molecular formula is C25H34N6O4. The van der Waals surface area contributed by atoms with E-state index >= 15 is 0 Å². The van der Waals surface area contributed by atoms with Crippen molar-refractivity contribution in [2.45, 2.75) is 32.9 Å². The van der Waals surface area contributed by atoms with E-state index in [1.165, 1.54) is 4.57 Å². The van der Waals surface area contributed by atoms with E-state index in [2.05, 4.69) is 4.90 Å². The fraction of sp³-hybridized carbons (Fsp3) is 0.520. The van der Waals surface area contributed by atoms with Crippen LogP contribution in [0.2, 0.25) is 0 Å². The standard InChI is InChI=1S/C25H34N6O4/c1-2-30-24(34)22(23(26)31(25(30)35)16-19-8-4-3-5-9-19)20(32)17-27-12-14-28(15-13-27)18-21(33)29-10-6-7-11-29/h3-5,8-9H,2,6-7,10-18,26H2,1H3. The molecule has 1 amide bonds. The summed E-state index contributed by atoms with van der Waals surface area (Å²) in [6, 6.07) is 9.32. The Morgan fingerprint density at radius 1 is 0.857 bits per heavy atom. The van der Waals surface area contributed by atoms with Crippen molar-refractivity contribution in [2.75, 3.05) is 58.1 Å². The molecule has 2 saturated heterocycles. The number of hydrogen-bond donors (Lipinski definition) is 1. The first kappa shape index (κ1) is 24.9. The number of hydrogen-bond acceptors (Lipinski definition) is 7. The maximum atomic E-state index is 13.2. The van der Waals surface area contributed by atoms with Gasteiger partial charge in [-0.2, -0.15) is 0 Å². The zero-order valence-electron chi connectivity index (χ0n) is 20.3. The normalized spacial score (nSPS) is 17.1. The third kappa shape index (κ3) is 5.54. The Kier molecular flexibility index (Phi) is 7.82. The fourth-order valence-electron chi connectivity index (χ4n) is 4.82. The summed E-state index contributed by atoms with van der Waals surface area (Å²) < 4.78 is 2.36. The lowest BCUT2D eigenvalue weighted by molar-refractivity contribution is -0.131. The highest BCUT2D eigenvalue weighted by atomic mass is 16.2. The van der Waals surface area contributed by atoms with Crippen molar-refractivity contribution in [2.24, 2.45) is 0 Å². The van der Waals surface area contributed by atoms with Crippen molar-refractivity contribution >= 4 is 17.5 Å². The van der Waals surface area contributed by atoms with Gasteiger partial charge in [0.15, 0.2) is 5.78 Å². The molecule has 0 spiro atoms. The number of anilines is 1. The van der Waals surface area contributed by atoms with Crippen molar-refractivity contribution in [3.8, 4) is 0 Å². The lowest BCUT2D eigenvalue weighted by Crippen LogP contribution is -2.51. The number of rotatable bonds is 8. The molecule has 0 atom stereocenters. The Balaban J connectivity index is 1.45. The van der Waals surface area contributed by atoms with Gasteiger partial charge in [0.05, 0.1) is 19.6 Å². The average molecular weight is 483 g/mol. The second-order valence-electron chi connectivity index (χ2n) is 9.23. The molecule has 2 fully saturated rings. The van der Waals surface area contributed by atoms with E-state index in [4.69, 9.17) is 5.73 Å². The number of aromatic nitrogens is 2. The molecule has 2 aliphatic rings. The summed E-state index contributed by atoms with van der Waals surface area (Å²) in [5.74, 6) is -0.313. The van der Waals surface area contributed by atoms with E-state index in [-0.39, 0.29) is 36.9 Å². The quantitative estimate of drug-likeness (QED) is 0.530. The van der Waals surface area contributed by atoms with E-state index in [1.807, 2.05) is 40.1 Å². The van der Waals surface area contributed by atoms with Crippen LogP contribution >= 0.6 is 0 Å². The van der Waals surface area contributed by atoms with Crippen LogP contribution < -0.4 is 17.0 Å². The molecule has 0 aliphatic carbocycles. The predicted molar refractivity (Wildman–Crippen MR) is 134 cm³/mol. The van der Waals surface area contributed by atoms with Crippen LogP contribution in [0, 0.1) is 0 Å². The highest BCUT2D eigenvalue weighted by Gasteiger charge is 2.27. The Bertz CT molecular complexity index is 1170. The zero-order chi connectivity index (χ0) is 24.9. The number of nitrogens with zero attached hydrogens (tertiary/aromatic N) is 5.